The molecule has 1 aromatic rings. The number of aromatic nitrogens is 1. The van der Waals surface area contributed by atoms with Gasteiger partial charge in [0, 0.05) is 19.3 Å². The van der Waals surface area contributed by atoms with Crippen molar-refractivity contribution in [3.63, 3.8) is 0 Å². The van der Waals surface area contributed by atoms with Crippen LogP contribution in [0.4, 0.5) is 5.69 Å². The fraction of sp³-hybridized carbons (Fsp3) is 0.571. The normalized spacial score (nSPS) is 10.3. The van der Waals surface area contributed by atoms with Crippen molar-refractivity contribution in [3.8, 4) is 0 Å². The van der Waals surface area contributed by atoms with Gasteiger partial charge >= 0.3 is 0 Å². The highest BCUT2D eigenvalue weighted by Gasteiger charge is 2.13. The van der Waals surface area contributed by atoms with Crippen LogP contribution in [0.5, 0.6) is 0 Å². The molecule has 0 saturated carbocycles. The Bertz CT molecular complexity index is 368. The SMILES string of the molecule is CCCCN(CCCC)c1cccnc1C(=N)N. The summed E-state index contributed by atoms with van der Waals surface area (Å²) in [4.78, 5) is 6.53. The summed E-state index contributed by atoms with van der Waals surface area (Å²) in [5, 5.41) is 7.61. The number of pyridine rings is 1. The van der Waals surface area contributed by atoms with E-state index in [1.165, 1.54) is 0 Å². The second-order valence-corrected chi connectivity index (χ2v) is 4.48. The molecule has 100 valence electrons. The maximum atomic E-state index is 7.61. The van der Waals surface area contributed by atoms with Crippen molar-refractivity contribution in [2.75, 3.05) is 18.0 Å². The molecule has 1 aromatic heterocycles. The van der Waals surface area contributed by atoms with E-state index < -0.39 is 0 Å². The Hall–Kier alpha value is -1.58. The van der Waals surface area contributed by atoms with Crippen molar-refractivity contribution in [3.05, 3.63) is 24.0 Å². The molecule has 0 aliphatic carbocycles. The maximum Gasteiger partial charge on any atom is 0.143 e. The number of amidine groups is 1. The van der Waals surface area contributed by atoms with Gasteiger partial charge in [-0.15, -0.1) is 0 Å². The fourth-order valence-corrected chi connectivity index (χ4v) is 1.91. The van der Waals surface area contributed by atoms with Gasteiger partial charge in [-0.05, 0) is 25.0 Å². The van der Waals surface area contributed by atoms with E-state index in [1.54, 1.807) is 6.20 Å². The summed E-state index contributed by atoms with van der Waals surface area (Å²) in [5.41, 5.74) is 7.20. The lowest BCUT2D eigenvalue weighted by atomic mass is 10.2. The molecule has 0 aliphatic heterocycles. The van der Waals surface area contributed by atoms with E-state index in [4.69, 9.17) is 11.1 Å². The molecule has 4 heteroatoms. The predicted molar refractivity (Wildman–Crippen MR) is 77.3 cm³/mol. The molecule has 1 rings (SSSR count). The summed E-state index contributed by atoms with van der Waals surface area (Å²) >= 11 is 0. The van der Waals surface area contributed by atoms with Gasteiger partial charge in [-0.25, -0.2) is 0 Å². The summed E-state index contributed by atoms with van der Waals surface area (Å²) in [5.74, 6) is 0.0450. The molecule has 0 atom stereocenters. The van der Waals surface area contributed by atoms with Crippen LogP contribution in [0, 0.1) is 5.41 Å². The standard InChI is InChI=1S/C14H24N4/c1-3-5-10-18(11-6-4-2)12-8-7-9-17-13(12)14(15)16/h7-9H,3-6,10-11H2,1-2H3,(H3,15,16). The number of nitrogens with zero attached hydrogens (tertiary/aromatic N) is 2. The van der Waals surface area contributed by atoms with Crippen molar-refractivity contribution < 1.29 is 0 Å². The van der Waals surface area contributed by atoms with Crippen molar-refractivity contribution in [2.45, 2.75) is 39.5 Å². The van der Waals surface area contributed by atoms with Crippen LogP contribution in [-0.4, -0.2) is 23.9 Å². The van der Waals surface area contributed by atoms with Crippen LogP contribution in [0.25, 0.3) is 0 Å². The van der Waals surface area contributed by atoms with Crippen LogP contribution in [0.1, 0.15) is 45.2 Å². The molecule has 0 amide bonds. The molecule has 0 bridgehead atoms. The van der Waals surface area contributed by atoms with Gasteiger partial charge < -0.3 is 10.6 Å². The number of anilines is 1. The van der Waals surface area contributed by atoms with E-state index >= 15 is 0 Å². The van der Waals surface area contributed by atoms with Gasteiger partial charge in [0.25, 0.3) is 0 Å². The minimum atomic E-state index is 0.0450. The zero-order chi connectivity index (χ0) is 13.4. The van der Waals surface area contributed by atoms with Crippen molar-refractivity contribution in [2.24, 2.45) is 5.73 Å². The Labute approximate surface area is 110 Å². The van der Waals surface area contributed by atoms with Crippen LogP contribution in [-0.2, 0) is 0 Å². The Balaban J connectivity index is 2.92. The minimum Gasteiger partial charge on any atom is -0.382 e. The first-order valence-electron chi connectivity index (χ1n) is 6.75. The largest absolute Gasteiger partial charge is 0.382 e. The highest BCUT2D eigenvalue weighted by atomic mass is 15.1. The van der Waals surface area contributed by atoms with Crippen molar-refractivity contribution in [1.82, 2.24) is 4.98 Å². The first-order chi connectivity index (χ1) is 8.70. The summed E-state index contributed by atoms with van der Waals surface area (Å²) < 4.78 is 0. The summed E-state index contributed by atoms with van der Waals surface area (Å²) in [6.45, 7) is 6.38. The number of unbranched alkanes of at least 4 members (excludes halogenated alkanes) is 2. The molecular weight excluding hydrogens is 224 g/mol. The average Bonchev–Trinajstić information content (AvgIpc) is 2.39. The summed E-state index contributed by atoms with van der Waals surface area (Å²) in [6.07, 6.45) is 6.32. The van der Waals surface area contributed by atoms with Gasteiger partial charge in [-0.2, -0.15) is 0 Å². The van der Waals surface area contributed by atoms with E-state index in [-0.39, 0.29) is 5.84 Å². The number of nitrogens with two attached hydrogens (primary N) is 1. The first-order valence-corrected chi connectivity index (χ1v) is 6.75. The van der Waals surface area contributed by atoms with Crippen molar-refractivity contribution in [1.29, 1.82) is 5.41 Å². The Kier molecular flexibility index (Phi) is 6.19. The van der Waals surface area contributed by atoms with Crippen LogP contribution >= 0.6 is 0 Å². The molecule has 18 heavy (non-hydrogen) atoms. The number of rotatable bonds is 8. The molecule has 0 unspecified atom stereocenters. The number of nitrogen functional groups attached to an aromatic ring is 1. The third-order valence-corrected chi connectivity index (χ3v) is 2.95. The van der Waals surface area contributed by atoms with E-state index in [0.29, 0.717) is 5.69 Å². The van der Waals surface area contributed by atoms with E-state index in [9.17, 15) is 0 Å². The molecule has 0 spiro atoms. The Morgan fingerprint density at radius 1 is 1.28 bits per heavy atom. The van der Waals surface area contributed by atoms with Gasteiger partial charge in [0.1, 0.15) is 11.5 Å². The topological polar surface area (TPSA) is 66.0 Å². The lowest BCUT2D eigenvalue weighted by Gasteiger charge is -2.26. The fourth-order valence-electron chi connectivity index (χ4n) is 1.91. The molecule has 0 aliphatic rings. The third kappa shape index (κ3) is 4.02. The van der Waals surface area contributed by atoms with Gasteiger partial charge in [-0.1, -0.05) is 26.7 Å². The number of hydrogen-bond donors (Lipinski definition) is 2. The summed E-state index contributed by atoms with van der Waals surface area (Å²) in [7, 11) is 0. The van der Waals surface area contributed by atoms with Gasteiger partial charge in [0.15, 0.2) is 0 Å². The van der Waals surface area contributed by atoms with Gasteiger partial charge in [0.05, 0.1) is 5.69 Å². The van der Waals surface area contributed by atoms with Crippen LogP contribution in [0.15, 0.2) is 18.3 Å². The number of nitrogens with one attached hydrogen (secondary N) is 1. The quantitative estimate of drug-likeness (QED) is 0.549. The zero-order valence-electron chi connectivity index (χ0n) is 11.4. The monoisotopic (exact) mass is 248 g/mol. The third-order valence-electron chi connectivity index (χ3n) is 2.95. The van der Waals surface area contributed by atoms with Crippen LogP contribution < -0.4 is 10.6 Å². The van der Waals surface area contributed by atoms with E-state index in [2.05, 4.69) is 23.7 Å². The lowest BCUT2D eigenvalue weighted by molar-refractivity contribution is 0.676. The second kappa shape index (κ2) is 7.69. The molecule has 1 heterocycles. The molecule has 4 nitrogen and oxygen atoms in total. The Morgan fingerprint density at radius 2 is 1.89 bits per heavy atom. The highest BCUT2D eigenvalue weighted by Crippen LogP contribution is 2.19. The molecule has 0 saturated heterocycles. The van der Waals surface area contributed by atoms with Gasteiger partial charge in [0.2, 0.25) is 0 Å². The maximum absolute atomic E-state index is 7.61. The highest BCUT2D eigenvalue weighted by molar-refractivity contribution is 5.98. The van der Waals surface area contributed by atoms with Crippen LogP contribution in [0.2, 0.25) is 0 Å². The first kappa shape index (κ1) is 14.5. The summed E-state index contributed by atoms with van der Waals surface area (Å²) in [6, 6.07) is 3.92. The molecular formula is C14H24N4. The second-order valence-electron chi connectivity index (χ2n) is 4.48. The average molecular weight is 248 g/mol. The zero-order valence-corrected chi connectivity index (χ0v) is 11.4. The number of hydrogen-bond acceptors (Lipinski definition) is 3. The smallest absolute Gasteiger partial charge is 0.143 e. The molecule has 0 fully saturated rings. The van der Waals surface area contributed by atoms with E-state index in [1.807, 2.05) is 12.1 Å². The lowest BCUT2D eigenvalue weighted by Crippen LogP contribution is -2.29. The molecule has 0 aromatic carbocycles. The van der Waals surface area contributed by atoms with Gasteiger partial charge in [-0.3, -0.25) is 10.4 Å². The van der Waals surface area contributed by atoms with E-state index in [0.717, 1.165) is 44.5 Å². The minimum absolute atomic E-state index is 0.0450. The molecule has 3 N–H and O–H groups in total. The Morgan fingerprint density at radius 3 is 2.39 bits per heavy atom. The van der Waals surface area contributed by atoms with Crippen LogP contribution in [0.3, 0.4) is 0 Å². The predicted octanol–water partition coefficient (Wildman–Crippen LogP) is 2.77. The molecule has 0 radical (unpaired) electrons. The van der Waals surface area contributed by atoms with Crippen molar-refractivity contribution >= 4 is 11.5 Å².